The van der Waals surface area contributed by atoms with E-state index in [9.17, 15) is 0 Å². The van der Waals surface area contributed by atoms with Gasteiger partial charge in [0.15, 0.2) is 0 Å². The summed E-state index contributed by atoms with van der Waals surface area (Å²) in [4.78, 5) is 2.58. The maximum atomic E-state index is 6.11. The summed E-state index contributed by atoms with van der Waals surface area (Å²) in [6.07, 6.45) is 0. The van der Waals surface area contributed by atoms with E-state index in [4.69, 9.17) is 5.73 Å². The SMILES string of the molecule is Cc1cccc(C)c1C(CN)N1CCSC(C)(C)C1. The largest absolute Gasteiger partial charge is 0.329 e. The minimum atomic E-state index is 0.336. The second kappa shape index (κ2) is 5.86. The van der Waals surface area contributed by atoms with Crippen molar-refractivity contribution in [1.29, 1.82) is 0 Å². The first kappa shape index (κ1) is 14.9. The van der Waals surface area contributed by atoms with Gasteiger partial charge in [-0.25, -0.2) is 0 Å². The fraction of sp³-hybridized carbons (Fsp3) is 0.625. The lowest BCUT2D eigenvalue weighted by Crippen LogP contribution is -2.47. The highest BCUT2D eigenvalue weighted by atomic mass is 32.2. The Morgan fingerprint density at radius 2 is 1.95 bits per heavy atom. The molecule has 0 radical (unpaired) electrons. The average molecular weight is 278 g/mol. The summed E-state index contributed by atoms with van der Waals surface area (Å²) in [5, 5.41) is 0. The van der Waals surface area contributed by atoms with Gasteiger partial charge >= 0.3 is 0 Å². The van der Waals surface area contributed by atoms with Crippen molar-refractivity contribution in [3.05, 3.63) is 34.9 Å². The molecule has 1 saturated heterocycles. The van der Waals surface area contributed by atoms with E-state index in [1.165, 1.54) is 22.4 Å². The summed E-state index contributed by atoms with van der Waals surface area (Å²) in [5.74, 6) is 1.20. The highest BCUT2D eigenvalue weighted by Crippen LogP contribution is 2.35. The Bertz CT molecular complexity index is 422. The van der Waals surface area contributed by atoms with E-state index in [1.54, 1.807) is 0 Å². The summed E-state index contributed by atoms with van der Waals surface area (Å²) in [6.45, 7) is 12.0. The highest BCUT2D eigenvalue weighted by Gasteiger charge is 2.32. The fourth-order valence-corrected chi connectivity index (χ4v) is 4.26. The van der Waals surface area contributed by atoms with E-state index in [-0.39, 0.29) is 0 Å². The molecular formula is C16H26N2S. The molecule has 19 heavy (non-hydrogen) atoms. The van der Waals surface area contributed by atoms with Crippen LogP contribution in [-0.4, -0.2) is 35.0 Å². The molecule has 0 aromatic heterocycles. The molecule has 0 amide bonds. The van der Waals surface area contributed by atoms with Gasteiger partial charge in [0.05, 0.1) is 0 Å². The predicted molar refractivity (Wildman–Crippen MR) is 85.8 cm³/mol. The topological polar surface area (TPSA) is 29.3 Å². The normalized spacial score (nSPS) is 21.3. The second-order valence-electron chi connectivity index (χ2n) is 6.14. The number of benzene rings is 1. The van der Waals surface area contributed by atoms with Crippen LogP contribution >= 0.6 is 11.8 Å². The van der Waals surface area contributed by atoms with Gasteiger partial charge < -0.3 is 5.73 Å². The quantitative estimate of drug-likeness (QED) is 0.921. The molecule has 3 heteroatoms. The molecule has 1 aliphatic heterocycles. The molecule has 1 atom stereocenters. The number of nitrogens with two attached hydrogens (primary N) is 1. The molecular weight excluding hydrogens is 252 g/mol. The molecule has 1 aromatic rings. The van der Waals surface area contributed by atoms with Crippen molar-refractivity contribution < 1.29 is 0 Å². The molecule has 2 N–H and O–H groups in total. The van der Waals surface area contributed by atoms with E-state index in [2.05, 4.69) is 62.6 Å². The van der Waals surface area contributed by atoms with Crippen molar-refractivity contribution in [2.75, 3.05) is 25.4 Å². The van der Waals surface area contributed by atoms with Crippen LogP contribution in [0.1, 0.15) is 36.6 Å². The van der Waals surface area contributed by atoms with Crippen molar-refractivity contribution in [2.24, 2.45) is 5.73 Å². The first-order chi connectivity index (χ1) is 8.94. The monoisotopic (exact) mass is 278 g/mol. The van der Waals surface area contributed by atoms with Gasteiger partial charge in [0.25, 0.3) is 0 Å². The van der Waals surface area contributed by atoms with Crippen molar-refractivity contribution >= 4 is 11.8 Å². The van der Waals surface area contributed by atoms with Gasteiger partial charge in [0, 0.05) is 36.2 Å². The minimum Gasteiger partial charge on any atom is -0.329 e. The van der Waals surface area contributed by atoms with E-state index in [0.29, 0.717) is 17.3 Å². The fourth-order valence-electron chi connectivity index (χ4n) is 3.12. The zero-order valence-corrected chi connectivity index (χ0v) is 13.4. The van der Waals surface area contributed by atoms with Crippen LogP contribution in [0, 0.1) is 13.8 Å². The van der Waals surface area contributed by atoms with Crippen molar-refractivity contribution in [1.82, 2.24) is 4.90 Å². The van der Waals surface area contributed by atoms with Crippen molar-refractivity contribution in [3.8, 4) is 0 Å². The van der Waals surface area contributed by atoms with Crippen LogP contribution in [0.4, 0.5) is 0 Å². The lowest BCUT2D eigenvalue weighted by atomic mass is 9.94. The van der Waals surface area contributed by atoms with Gasteiger partial charge in [0.1, 0.15) is 0 Å². The highest BCUT2D eigenvalue weighted by molar-refractivity contribution is 8.00. The average Bonchev–Trinajstić information content (AvgIpc) is 2.32. The van der Waals surface area contributed by atoms with Gasteiger partial charge in [-0.15, -0.1) is 0 Å². The van der Waals surface area contributed by atoms with Crippen LogP contribution in [0.15, 0.2) is 18.2 Å². The Hall–Kier alpha value is -0.510. The molecule has 2 nitrogen and oxygen atoms in total. The first-order valence-electron chi connectivity index (χ1n) is 7.09. The zero-order chi connectivity index (χ0) is 14.0. The predicted octanol–water partition coefficient (Wildman–Crippen LogP) is 3.13. The third-order valence-corrected chi connectivity index (χ3v) is 5.29. The molecule has 1 unspecified atom stereocenters. The molecule has 2 rings (SSSR count). The van der Waals surface area contributed by atoms with E-state index in [1.807, 2.05) is 0 Å². The van der Waals surface area contributed by atoms with Crippen LogP contribution < -0.4 is 5.73 Å². The van der Waals surface area contributed by atoms with Gasteiger partial charge in [-0.05, 0) is 44.4 Å². The number of rotatable bonds is 3. The Balaban J connectivity index is 2.29. The molecule has 0 bridgehead atoms. The number of aryl methyl sites for hydroxylation is 2. The third-order valence-electron chi connectivity index (χ3n) is 3.99. The van der Waals surface area contributed by atoms with Crippen LogP contribution in [-0.2, 0) is 0 Å². The molecule has 0 spiro atoms. The van der Waals surface area contributed by atoms with Gasteiger partial charge in [-0.3, -0.25) is 4.90 Å². The number of nitrogens with zero attached hydrogens (tertiary/aromatic N) is 1. The molecule has 1 aromatic carbocycles. The second-order valence-corrected chi connectivity index (χ2v) is 7.94. The summed E-state index contributed by atoms with van der Waals surface area (Å²) >= 11 is 2.07. The lowest BCUT2D eigenvalue weighted by molar-refractivity contribution is 0.191. The Kier molecular flexibility index (Phi) is 4.59. The third kappa shape index (κ3) is 3.33. The lowest BCUT2D eigenvalue weighted by Gasteiger charge is -2.42. The van der Waals surface area contributed by atoms with E-state index < -0.39 is 0 Å². The zero-order valence-electron chi connectivity index (χ0n) is 12.6. The minimum absolute atomic E-state index is 0.336. The number of hydrogen-bond acceptors (Lipinski definition) is 3. The Labute approximate surface area is 121 Å². The smallest absolute Gasteiger partial charge is 0.0476 e. The molecule has 1 fully saturated rings. The molecule has 0 saturated carbocycles. The van der Waals surface area contributed by atoms with Gasteiger partial charge in [0.2, 0.25) is 0 Å². The summed E-state index contributed by atoms with van der Waals surface area (Å²) in [6, 6.07) is 6.91. The van der Waals surface area contributed by atoms with Crippen LogP contribution in [0.3, 0.4) is 0 Å². The number of thioether (sulfide) groups is 1. The maximum Gasteiger partial charge on any atom is 0.0476 e. The number of hydrogen-bond donors (Lipinski definition) is 1. The maximum absolute atomic E-state index is 6.11. The Morgan fingerprint density at radius 1 is 1.32 bits per heavy atom. The van der Waals surface area contributed by atoms with Crippen molar-refractivity contribution in [3.63, 3.8) is 0 Å². The molecule has 106 valence electrons. The molecule has 1 aliphatic rings. The Morgan fingerprint density at radius 3 is 2.47 bits per heavy atom. The van der Waals surface area contributed by atoms with E-state index >= 15 is 0 Å². The molecule has 0 aliphatic carbocycles. The van der Waals surface area contributed by atoms with Crippen molar-refractivity contribution in [2.45, 2.75) is 38.5 Å². The van der Waals surface area contributed by atoms with Gasteiger partial charge in [-0.2, -0.15) is 11.8 Å². The van der Waals surface area contributed by atoms with Crippen LogP contribution in [0.2, 0.25) is 0 Å². The standard InChI is InChI=1S/C16H26N2S/c1-12-6-5-7-13(2)15(12)14(10-17)18-8-9-19-16(3,4)11-18/h5-7,14H,8-11,17H2,1-4H3. The van der Waals surface area contributed by atoms with Gasteiger partial charge in [-0.1, -0.05) is 18.2 Å². The molecule has 1 heterocycles. The summed E-state index contributed by atoms with van der Waals surface area (Å²) in [7, 11) is 0. The van der Waals surface area contributed by atoms with E-state index in [0.717, 1.165) is 13.1 Å². The van der Waals surface area contributed by atoms with Crippen LogP contribution in [0.25, 0.3) is 0 Å². The summed E-state index contributed by atoms with van der Waals surface area (Å²) in [5.41, 5.74) is 10.3. The first-order valence-corrected chi connectivity index (χ1v) is 8.07. The summed E-state index contributed by atoms with van der Waals surface area (Å²) < 4.78 is 0.336. The van der Waals surface area contributed by atoms with Crippen LogP contribution in [0.5, 0.6) is 0 Å².